The Bertz CT molecular complexity index is 700. The summed E-state index contributed by atoms with van der Waals surface area (Å²) in [6, 6.07) is 7.87. The van der Waals surface area contributed by atoms with E-state index >= 15 is 0 Å². The van der Waals surface area contributed by atoms with Crippen molar-refractivity contribution in [2.24, 2.45) is 0 Å². The van der Waals surface area contributed by atoms with Crippen LogP contribution >= 0.6 is 22.7 Å². The van der Waals surface area contributed by atoms with E-state index in [9.17, 15) is 4.79 Å². The molecule has 3 aromatic rings. The van der Waals surface area contributed by atoms with Crippen LogP contribution in [0.2, 0.25) is 0 Å². The van der Waals surface area contributed by atoms with Crippen LogP contribution in [0.4, 0.5) is 0 Å². The van der Waals surface area contributed by atoms with Gasteiger partial charge in [-0.2, -0.15) is 0 Å². The van der Waals surface area contributed by atoms with Crippen molar-refractivity contribution in [3.8, 4) is 0 Å². The van der Waals surface area contributed by atoms with E-state index in [1.165, 1.54) is 11.3 Å². The zero-order valence-electron chi connectivity index (χ0n) is 10.1. The molecule has 0 radical (unpaired) electrons. The molecule has 0 N–H and O–H groups in total. The summed E-state index contributed by atoms with van der Waals surface area (Å²) in [5, 5.41) is 0.803. The van der Waals surface area contributed by atoms with Gasteiger partial charge in [-0.3, -0.25) is 0 Å². The molecule has 96 valence electrons. The number of aryl methyl sites for hydroxylation is 1. The largest absolute Gasteiger partial charge is 0.454 e. The Morgan fingerprint density at radius 2 is 2.21 bits per heavy atom. The van der Waals surface area contributed by atoms with Gasteiger partial charge in [0.05, 0.1) is 21.4 Å². The number of hydrogen-bond acceptors (Lipinski definition) is 6. The molecular formula is C13H10N2O2S2. The first-order chi connectivity index (χ1) is 9.24. The van der Waals surface area contributed by atoms with E-state index in [1.807, 2.05) is 24.3 Å². The molecule has 1 aromatic carbocycles. The predicted octanol–water partition coefficient (Wildman–Crippen LogP) is 3.42. The Morgan fingerprint density at radius 1 is 1.37 bits per heavy atom. The normalized spacial score (nSPS) is 10.8. The molecule has 2 heterocycles. The quantitative estimate of drug-likeness (QED) is 0.694. The minimum absolute atomic E-state index is 0.204. The van der Waals surface area contributed by atoms with Crippen LogP contribution in [0.5, 0.6) is 0 Å². The summed E-state index contributed by atoms with van der Waals surface area (Å²) >= 11 is 2.84. The zero-order chi connectivity index (χ0) is 13.2. The van der Waals surface area contributed by atoms with Crippen molar-refractivity contribution in [1.82, 2.24) is 9.97 Å². The van der Waals surface area contributed by atoms with E-state index < -0.39 is 0 Å². The van der Waals surface area contributed by atoms with Crippen LogP contribution in [0.3, 0.4) is 0 Å². The first-order valence-electron chi connectivity index (χ1n) is 5.65. The molecule has 0 aliphatic carbocycles. The summed E-state index contributed by atoms with van der Waals surface area (Å²) < 4.78 is 6.36. The third-order valence-electron chi connectivity index (χ3n) is 2.60. The van der Waals surface area contributed by atoms with Crippen molar-refractivity contribution in [3.63, 3.8) is 0 Å². The Morgan fingerprint density at radius 3 is 2.95 bits per heavy atom. The molecular weight excluding hydrogens is 280 g/mol. The van der Waals surface area contributed by atoms with Crippen molar-refractivity contribution < 1.29 is 9.53 Å². The molecule has 4 nitrogen and oxygen atoms in total. The lowest BCUT2D eigenvalue weighted by Gasteiger charge is -2.00. The molecule has 0 unspecified atom stereocenters. The zero-order valence-corrected chi connectivity index (χ0v) is 11.8. The maximum atomic E-state index is 11.8. The number of carbonyl (C=O) groups excluding carboxylic acids is 1. The van der Waals surface area contributed by atoms with Crippen LogP contribution in [-0.2, 0) is 11.3 Å². The topological polar surface area (TPSA) is 52.1 Å². The summed E-state index contributed by atoms with van der Waals surface area (Å²) in [5.41, 5.74) is 3.29. The molecule has 0 saturated carbocycles. The standard InChI is InChI=1S/C13H10N2O2S2/c1-8-12(18-7-14-8)13(16)17-6-11-15-9-4-2-3-5-10(9)19-11/h2-5,7H,6H2,1H3. The maximum absolute atomic E-state index is 11.8. The number of rotatable bonds is 3. The molecule has 0 aliphatic rings. The molecule has 19 heavy (non-hydrogen) atoms. The number of benzene rings is 1. The summed E-state index contributed by atoms with van der Waals surface area (Å²) in [6.07, 6.45) is 0. The lowest BCUT2D eigenvalue weighted by Crippen LogP contribution is -2.04. The third kappa shape index (κ3) is 2.50. The number of ether oxygens (including phenoxy) is 1. The Balaban J connectivity index is 1.72. The Labute approximate surface area is 117 Å². The SMILES string of the molecule is Cc1ncsc1C(=O)OCc1nc2ccccc2s1. The van der Waals surface area contributed by atoms with Gasteiger partial charge in [-0.25, -0.2) is 14.8 Å². The molecule has 0 aliphatic heterocycles. The fraction of sp³-hybridized carbons (Fsp3) is 0.154. The number of hydrogen-bond donors (Lipinski definition) is 0. The molecule has 0 spiro atoms. The number of fused-ring (bicyclic) bond motifs is 1. The van der Waals surface area contributed by atoms with Gasteiger partial charge in [-0.15, -0.1) is 22.7 Å². The van der Waals surface area contributed by atoms with Gasteiger partial charge in [0.25, 0.3) is 0 Å². The fourth-order valence-corrected chi connectivity index (χ4v) is 3.25. The van der Waals surface area contributed by atoms with E-state index in [0.717, 1.165) is 15.2 Å². The second kappa shape index (κ2) is 5.07. The number of esters is 1. The van der Waals surface area contributed by atoms with Crippen molar-refractivity contribution in [3.05, 3.63) is 45.4 Å². The molecule has 0 amide bonds. The highest BCUT2D eigenvalue weighted by atomic mass is 32.1. The van der Waals surface area contributed by atoms with Crippen molar-refractivity contribution >= 4 is 38.9 Å². The second-order valence-electron chi connectivity index (χ2n) is 3.92. The number of para-hydroxylation sites is 1. The molecule has 2 aromatic heterocycles. The molecule has 0 fully saturated rings. The second-order valence-corrected chi connectivity index (χ2v) is 5.89. The van der Waals surface area contributed by atoms with Gasteiger partial charge in [0.15, 0.2) is 0 Å². The van der Waals surface area contributed by atoms with Crippen LogP contribution < -0.4 is 0 Å². The highest BCUT2D eigenvalue weighted by molar-refractivity contribution is 7.18. The van der Waals surface area contributed by atoms with Crippen molar-refractivity contribution in [1.29, 1.82) is 0 Å². The van der Waals surface area contributed by atoms with Gasteiger partial charge in [0, 0.05) is 0 Å². The molecule has 3 rings (SSSR count). The first kappa shape index (κ1) is 12.3. The average Bonchev–Trinajstić information content (AvgIpc) is 3.01. The number of aromatic nitrogens is 2. The summed E-state index contributed by atoms with van der Waals surface area (Å²) in [6.45, 7) is 2.00. The average molecular weight is 290 g/mol. The van der Waals surface area contributed by atoms with Gasteiger partial charge in [0.2, 0.25) is 0 Å². The van der Waals surface area contributed by atoms with Crippen molar-refractivity contribution in [2.45, 2.75) is 13.5 Å². The van der Waals surface area contributed by atoms with Crippen LogP contribution in [-0.4, -0.2) is 15.9 Å². The third-order valence-corrected chi connectivity index (χ3v) is 4.51. The number of nitrogens with zero attached hydrogens (tertiary/aromatic N) is 2. The van der Waals surface area contributed by atoms with E-state index in [1.54, 1.807) is 23.8 Å². The molecule has 0 saturated heterocycles. The maximum Gasteiger partial charge on any atom is 0.350 e. The van der Waals surface area contributed by atoms with E-state index in [0.29, 0.717) is 10.6 Å². The lowest BCUT2D eigenvalue weighted by atomic mass is 10.3. The molecule has 0 bridgehead atoms. The first-order valence-corrected chi connectivity index (χ1v) is 7.35. The highest BCUT2D eigenvalue weighted by Gasteiger charge is 2.14. The molecule has 6 heteroatoms. The summed E-state index contributed by atoms with van der Waals surface area (Å²) in [5.74, 6) is -0.334. The van der Waals surface area contributed by atoms with Gasteiger partial charge < -0.3 is 4.74 Å². The van der Waals surface area contributed by atoms with E-state index in [-0.39, 0.29) is 12.6 Å². The smallest absolute Gasteiger partial charge is 0.350 e. The number of carbonyl (C=O) groups is 1. The van der Waals surface area contributed by atoms with Crippen LogP contribution in [0.15, 0.2) is 29.8 Å². The summed E-state index contributed by atoms with van der Waals surface area (Å²) in [4.78, 5) is 20.8. The van der Waals surface area contributed by atoms with Crippen LogP contribution in [0.25, 0.3) is 10.2 Å². The predicted molar refractivity (Wildman–Crippen MR) is 75.6 cm³/mol. The Kier molecular flexibility index (Phi) is 3.27. The van der Waals surface area contributed by atoms with Gasteiger partial charge in [-0.05, 0) is 19.1 Å². The van der Waals surface area contributed by atoms with Gasteiger partial charge >= 0.3 is 5.97 Å². The lowest BCUT2D eigenvalue weighted by molar-refractivity contribution is 0.0477. The monoisotopic (exact) mass is 290 g/mol. The van der Waals surface area contributed by atoms with Crippen LogP contribution in [0, 0.1) is 6.92 Å². The van der Waals surface area contributed by atoms with Crippen molar-refractivity contribution in [2.75, 3.05) is 0 Å². The minimum Gasteiger partial charge on any atom is -0.454 e. The van der Waals surface area contributed by atoms with Gasteiger partial charge in [-0.1, -0.05) is 12.1 Å². The highest BCUT2D eigenvalue weighted by Crippen LogP contribution is 2.22. The van der Waals surface area contributed by atoms with E-state index in [2.05, 4.69) is 9.97 Å². The number of thiazole rings is 2. The van der Waals surface area contributed by atoms with E-state index in [4.69, 9.17) is 4.74 Å². The van der Waals surface area contributed by atoms with Gasteiger partial charge in [0.1, 0.15) is 16.5 Å². The summed E-state index contributed by atoms with van der Waals surface area (Å²) in [7, 11) is 0. The van der Waals surface area contributed by atoms with Crippen LogP contribution in [0.1, 0.15) is 20.4 Å². The minimum atomic E-state index is -0.334. The molecule has 0 atom stereocenters. The Hall–Kier alpha value is -1.79. The fourth-order valence-electron chi connectivity index (χ4n) is 1.67.